The van der Waals surface area contributed by atoms with Gasteiger partial charge < -0.3 is 10.4 Å². The predicted octanol–water partition coefficient (Wildman–Crippen LogP) is 1.78. The van der Waals surface area contributed by atoms with Gasteiger partial charge in [0.2, 0.25) is 0 Å². The Morgan fingerprint density at radius 1 is 1.25 bits per heavy atom. The molecule has 2 N–H and O–H groups in total. The van der Waals surface area contributed by atoms with E-state index in [2.05, 4.69) is 33.0 Å². The second-order valence-corrected chi connectivity index (χ2v) is 4.75. The van der Waals surface area contributed by atoms with Crippen molar-refractivity contribution in [2.45, 2.75) is 53.2 Å². The zero-order valence-electron chi connectivity index (χ0n) is 9.02. The maximum absolute atomic E-state index is 9.23. The molecule has 2 heteroatoms. The Morgan fingerprint density at radius 2 is 1.75 bits per heavy atom. The highest BCUT2D eigenvalue weighted by Crippen LogP contribution is 2.21. The summed E-state index contributed by atoms with van der Waals surface area (Å²) >= 11 is 0. The molecular weight excluding hydrogens is 150 g/mol. The van der Waals surface area contributed by atoms with Gasteiger partial charge in [0.1, 0.15) is 0 Å². The number of hydrogen-bond acceptors (Lipinski definition) is 2. The minimum absolute atomic E-state index is 0.193. The molecule has 1 atom stereocenters. The SMILES string of the molecule is CC(O)CC(C)(C)CNC(C)C. The highest BCUT2D eigenvalue weighted by atomic mass is 16.3. The first-order chi connectivity index (χ1) is 5.33. The molecule has 0 bridgehead atoms. The summed E-state index contributed by atoms with van der Waals surface area (Å²) in [5, 5.41) is 12.6. The third-order valence-electron chi connectivity index (χ3n) is 1.84. The van der Waals surface area contributed by atoms with E-state index in [1.165, 1.54) is 0 Å². The molecule has 12 heavy (non-hydrogen) atoms. The van der Waals surface area contributed by atoms with Gasteiger partial charge in [-0.25, -0.2) is 0 Å². The molecule has 0 saturated carbocycles. The average Bonchev–Trinajstić information content (AvgIpc) is 1.81. The van der Waals surface area contributed by atoms with Crippen molar-refractivity contribution in [1.82, 2.24) is 5.32 Å². The summed E-state index contributed by atoms with van der Waals surface area (Å²) in [6, 6.07) is 0.526. The van der Waals surface area contributed by atoms with Crippen LogP contribution in [0.3, 0.4) is 0 Å². The molecule has 0 amide bonds. The molecule has 0 rings (SSSR count). The smallest absolute Gasteiger partial charge is 0.0517 e. The maximum Gasteiger partial charge on any atom is 0.0517 e. The topological polar surface area (TPSA) is 32.3 Å². The van der Waals surface area contributed by atoms with Crippen molar-refractivity contribution in [1.29, 1.82) is 0 Å². The summed E-state index contributed by atoms with van der Waals surface area (Å²) in [4.78, 5) is 0. The molecule has 0 saturated heterocycles. The third kappa shape index (κ3) is 6.62. The van der Waals surface area contributed by atoms with Crippen molar-refractivity contribution in [2.24, 2.45) is 5.41 Å². The standard InChI is InChI=1S/C10H23NO/c1-8(2)11-7-10(4,5)6-9(3)12/h8-9,11-12H,6-7H2,1-5H3. The van der Waals surface area contributed by atoms with Crippen molar-refractivity contribution in [3.63, 3.8) is 0 Å². The third-order valence-corrected chi connectivity index (χ3v) is 1.84. The van der Waals surface area contributed by atoms with Gasteiger partial charge in [-0.1, -0.05) is 27.7 Å². The van der Waals surface area contributed by atoms with Gasteiger partial charge in [-0.3, -0.25) is 0 Å². The fraction of sp³-hybridized carbons (Fsp3) is 1.00. The van der Waals surface area contributed by atoms with Gasteiger partial charge in [-0.2, -0.15) is 0 Å². The lowest BCUT2D eigenvalue weighted by atomic mass is 9.87. The van der Waals surface area contributed by atoms with E-state index in [0.29, 0.717) is 6.04 Å². The molecule has 1 unspecified atom stereocenters. The highest BCUT2D eigenvalue weighted by molar-refractivity contribution is 4.74. The van der Waals surface area contributed by atoms with E-state index in [9.17, 15) is 5.11 Å². The highest BCUT2D eigenvalue weighted by Gasteiger charge is 2.19. The van der Waals surface area contributed by atoms with Crippen LogP contribution in [-0.2, 0) is 0 Å². The van der Waals surface area contributed by atoms with Crippen molar-refractivity contribution in [3.8, 4) is 0 Å². The summed E-state index contributed by atoms with van der Waals surface area (Å²) in [7, 11) is 0. The zero-order chi connectivity index (χ0) is 9.78. The monoisotopic (exact) mass is 173 g/mol. The largest absolute Gasteiger partial charge is 0.393 e. The van der Waals surface area contributed by atoms with Crippen LogP contribution in [0.5, 0.6) is 0 Å². The number of aliphatic hydroxyl groups is 1. The first kappa shape index (κ1) is 11.9. The maximum atomic E-state index is 9.23. The lowest BCUT2D eigenvalue weighted by Gasteiger charge is -2.27. The lowest BCUT2D eigenvalue weighted by molar-refractivity contribution is 0.127. The summed E-state index contributed by atoms with van der Waals surface area (Å²) in [5.41, 5.74) is 0.193. The van der Waals surface area contributed by atoms with Gasteiger partial charge in [0, 0.05) is 12.6 Å². The molecule has 0 heterocycles. The molecule has 0 spiro atoms. The second-order valence-electron chi connectivity index (χ2n) is 4.75. The van der Waals surface area contributed by atoms with Gasteiger partial charge in [0.15, 0.2) is 0 Å². The lowest BCUT2D eigenvalue weighted by Crippen LogP contribution is -2.35. The number of nitrogens with one attached hydrogen (secondary N) is 1. The van der Waals surface area contributed by atoms with Gasteiger partial charge >= 0.3 is 0 Å². The molecule has 0 radical (unpaired) electrons. The number of rotatable bonds is 5. The Balaban J connectivity index is 3.71. The summed E-state index contributed by atoms with van der Waals surface area (Å²) in [6.07, 6.45) is 0.654. The van der Waals surface area contributed by atoms with Gasteiger partial charge in [-0.05, 0) is 18.8 Å². The molecular formula is C10H23NO. The fourth-order valence-corrected chi connectivity index (χ4v) is 1.35. The van der Waals surface area contributed by atoms with Crippen LogP contribution in [0.15, 0.2) is 0 Å². The van der Waals surface area contributed by atoms with Gasteiger partial charge in [0.05, 0.1) is 6.10 Å². The van der Waals surface area contributed by atoms with Crippen LogP contribution in [0.2, 0.25) is 0 Å². The van der Waals surface area contributed by atoms with Crippen molar-refractivity contribution in [2.75, 3.05) is 6.54 Å². The van der Waals surface area contributed by atoms with Crippen LogP contribution in [0.25, 0.3) is 0 Å². The van der Waals surface area contributed by atoms with Crippen LogP contribution in [0, 0.1) is 5.41 Å². The molecule has 0 aliphatic carbocycles. The van der Waals surface area contributed by atoms with E-state index < -0.39 is 0 Å². The van der Waals surface area contributed by atoms with Crippen LogP contribution < -0.4 is 5.32 Å². The van der Waals surface area contributed by atoms with E-state index in [0.717, 1.165) is 13.0 Å². The number of hydrogen-bond donors (Lipinski definition) is 2. The molecule has 2 nitrogen and oxygen atoms in total. The van der Waals surface area contributed by atoms with Crippen molar-refractivity contribution >= 4 is 0 Å². The van der Waals surface area contributed by atoms with E-state index in [4.69, 9.17) is 0 Å². The van der Waals surface area contributed by atoms with Crippen molar-refractivity contribution < 1.29 is 5.11 Å². The first-order valence-electron chi connectivity index (χ1n) is 4.75. The minimum atomic E-state index is -0.200. The molecule has 0 aromatic rings. The summed E-state index contributed by atoms with van der Waals surface area (Å²) < 4.78 is 0. The minimum Gasteiger partial charge on any atom is -0.393 e. The van der Waals surface area contributed by atoms with Gasteiger partial charge in [0.25, 0.3) is 0 Å². The van der Waals surface area contributed by atoms with E-state index in [1.54, 1.807) is 0 Å². The Labute approximate surface area is 76.4 Å². The Hall–Kier alpha value is -0.0800. The zero-order valence-corrected chi connectivity index (χ0v) is 9.02. The summed E-state index contributed by atoms with van der Waals surface area (Å²) in [6.45, 7) is 11.4. The van der Waals surface area contributed by atoms with Gasteiger partial charge in [-0.15, -0.1) is 0 Å². The molecule has 0 aromatic heterocycles. The fourth-order valence-electron chi connectivity index (χ4n) is 1.35. The number of aliphatic hydroxyl groups excluding tert-OH is 1. The molecule has 74 valence electrons. The van der Waals surface area contributed by atoms with E-state index in [1.807, 2.05) is 6.92 Å². The first-order valence-corrected chi connectivity index (χ1v) is 4.75. The Bertz CT molecular complexity index is 119. The van der Waals surface area contributed by atoms with Crippen LogP contribution >= 0.6 is 0 Å². The van der Waals surface area contributed by atoms with Crippen molar-refractivity contribution in [3.05, 3.63) is 0 Å². The molecule has 0 aliphatic heterocycles. The second kappa shape index (κ2) is 4.83. The van der Waals surface area contributed by atoms with E-state index >= 15 is 0 Å². The normalized spacial score (nSPS) is 15.2. The Morgan fingerprint density at radius 3 is 2.08 bits per heavy atom. The summed E-state index contributed by atoms with van der Waals surface area (Å²) in [5.74, 6) is 0. The molecule has 0 aromatic carbocycles. The average molecular weight is 173 g/mol. The van der Waals surface area contributed by atoms with Crippen LogP contribution in [0.1, 0.15) is 41.0 Å². The molecule has 0 fully saturated rings. The van der Waals surface area contributed by atoms with E-state index in [-0.39, 0.29) is 11.5 Å². The Kier molecular flexibility index (Phi) is 4.80. The molecule has 0 aliphatic rings. The van der Waals surface area contributed by atoms with Crippen LogP contribution in [-0.4, -0.2) is 23.8 Å². The predicted molar refractivity (Wildman–Crippen MR) is 53.2 cm³/mol. The van der Waals surface area contributed by atoms with Crippen LogP contribution in [0.4, 0.5) is 0 Å². The quantitative estimate of drug-likeness (QED) is 0.664.